The molecule has 3 aromatic rings. The topological polar surface area (TPSA) is 36.4 Å². The largest absolute Gasteiger partial charge is 0.354 e. The Labute approximate surface area is 139 Å². The predicted molar refractivity (Wildman–Crippen MR) is 98.4 cm³/mol. The van der Waals surface area contributed by atoms with Gasteiger partial charge in [-0.25, -0.2) is 0 Å². The van der Waals surface area contributed by atoms with Crippen molar-refractivity contribution in [2.75, 3.05) is 18.4 Å². The summed E-state index contributed by atoms with van der Waals surface area (Å²) in [4.78, 5) is 6.82. The maximum absolute atomic E-state index is 4.34. The van der Waals surface area contributed by atoms with Gasteiger partial charge in [0.25, 0.3) is 0 Å². The lowest BCUT2D eigenvalue weighted by molar-refractivity contribution is 0.959. The molecule has 1 aliphatic rings. The van der Waals surface area contributed by atoms with Crippen LogP contribution in [0.1, 0.15) is 0 Å². The number of benzene rings is 3. The van der Waals surface area contributed by atoms with Crippen molar-refractivity contribution in [1.29, 1.82) is 0 Å². The zero-order valence-electron chi connectivity index (χ0n) is 12.6. The van der Waals surface area contributed by atoms with Gasteiger partial charge in [0.15, 0.2) is 5.96 Å². The van der Waals surface area contributed by atoms with Crippen molar-refractivity contribution in [3.8, 4) is 0 Å². The Balaban J connectivity index is 1.49. The molecule has 4 heteroatoms. The predicted octanol–water partition coefficient (Wildman–Crippen LogP) is 4.36. The van der Waals surface area contributed by atoms with Crippen LogP contribution < -0.4 is 10.6 Å². The second-order valence-corrected chi connectivity index (χ2v) is 6.56. The molecule has 3 aromatic carbocycles. The summed E-state index contributed by atoms with van der Waals surface area (Å²) >= 11 is 1.78. The minimum atomic E-state index is 0.845. The Hall–Kier alpha value is -2.46. The van der Waals surface area contributed by atoms with Crippen LogP contribution in [0, 0.1) is 0 Å². The average Bonchev–Trinajstić information content (AvgIpc) is 3.10. The summed E-state index contributed by atoms with van der Waals surface area (Å²) in [6.45, 7) is 1.76. The Morgan fingerprint density at radius 3 is 2.43 bits per heavy atom. The van der Waals surface area contributed by atoms with Crippen molar-refractivity contribution in [1.82, 2.24) is 5.32 Å². The molecule has 23 heavy (non-hydrogen) atoms. The molecule has 2 N–H and O–H groups in total. The Kier molecular flexibility index (Phi) is 3.90. The highest BCUT2D eigenvalue weighted by Crippen LogP contribution is 2.30. The SMILES string of the molecule is c1ccc2cc(Sc3ccc(NC4=NCCN4)cc3)ccc2c1. The Bertz CT molecular complexity index is 856. The van der Waals surface area contributed by atoms with E-state index in [1.165, 1.54) is 20.6 Å². The molecule has 0 spiro atoms. The van der Waals surface area contributed by atoms with Gasteiger partial charge in [-0.2, -0.15) is 0 Å². The van der Waals surface area contributed by atoms with E-state index in [0.717, 1.165) is 24.7 Å². The van der Waals surface area contributed by atoms with Gasteiger partial charge in [0.1, 0.15) is 0 Å². The second-order valence-electron chi connectivity index (χ2n) is 5.42. The summed E-state index contributed by atoms with van der Waals surface area (Å²) in [5.74, 6) is 0.861. The first-order valence-electron chi connectivity index (χ1n) is 7.69. The highest BCUT2D eigenvalue weighted by molar-refractivity contribution is 7.99. The van der Waals surface area contributed by atoms with E-state index in [1.54, 1.807) is 11.8 Å². The second kappa shape index (κ2) is 6.34. The van der Waals surface area contributed by atoms with Gasteiger partial charge in [0.05, 0.1) is 6.54 Å². The fourth-order valence-corrected chi connectivity index (χ4v) is 3.46. The highest BCUT2D eigenvalue weighted by Gasteiger charge is 2.05. The van der Waals surface area contributed by atoms with Crippen molar-refractivity contribution in [3.63, 3.8) is 0 Å². The summed E-state index contributed by atoms with van der Waals surface area (Å²) in [6, 6.07) is 23.5. The van der Waals surface area contributed by atoms with E-state index >= 15 is 0 Å². The van der Waals surface area contributed by atoms with E-state index in [0.29, 0.717) is 0 Å². The average molecular weight is 319 g/mol. The van der Waals surface area contributed by atoms with E-state index < -0.39 is 0 Å². The van der Waals surface area contributed by atoms with Gasteiger partial charge in [-0.05, 0) is 47.2 Å². The number of guanidine groups is 1. The molecule has 1 aliphatic heterocycles. The van der Waals surface area contributed by atoms with E-state index in [-0.39, 0.29) is 0 Å². The van der Waals surface area contributed by atoms with Gasteiger partial charge in [0.2, 0.25) is 0 Å². The standard InChI is InChI=1S/C19H17N3S/c1-2-4-15-13-18(8-5-14(15)3-1)23-17-9-6-16(7-10-17)22-19-20-11-12-21-19/h1-10,13H,11-12H2,(H2,20,21,22). The molecule has 0 aliphatic carbocycles. The van der Waals surface area contributed by atoms with Gasteiger partial charge in [-0.3, -0.25) is 4.99 Å². The number of nitrogens with one attached hydrogen (secondary N) is 2. The van der Waals surface area contributed by atoms with Gasteiger partial charge in [0, 0.05) is 22.0 Å². The summed E-state index contributed by atoms with van der Waals surface area (Å²) in [5.41, 5.74) is 1.06. The van der Waals surface area contributed by atoms with E-state index in [4.69, 9.17) is 0 Å². The number of anilines is 1. The van der Waals surface area contributed by atoms with Gasteiger partial charge < -0.3 is 10.6 Å². The minimum Gasteiger partial charge on any atom is -0.354 e. The van der Waals surface area contributed by atoms with Crippen LogP contribution in [0.25, 0.3) is 10.8 Å². The van der Waals surface area contributed by atoms with Crippen molar-refractivity contribution < 1.29 is 0 Å². The van der Waals surface area contributed by atoms with Crippen LogP contribution >= 0.6 is 11.8 Å². The number of fused-ring (bicyclic) bond motifs is 1. The van der Waals surface area contributed by atoms with Crippen molar-refractivity contribution in [2.45, 2.75) is 9.79 Å². The molecule has 4 rings (SSSR count). The molecule has 0 amide bonds. The van der Waals surface area contributed by atoms with Crippen LogP contribution in [0.5, 0.6) is 0 Å². The molecule has 114 valence electrons. The monoisotopic (exact) mass is 319 g/mol. The molecule has 0 atom stereocenters. The van der Waals surface area contributed by atoms with Gasteiger partial charge in [-0.15, -0.1) is 0 Å². The molecule has 0 saturated carbocycles. The lowest BCUT2D eigenvalue weighted by atomic mass is 10.1. The smallest absolute Gasteiger partial charge is 0.195 e. The molecule has 0 fully saturated rings. The first-order chi connectivity index (χ1) is 11.4. The molecule has 0 unspecified atom stereocenters. The number of nitrogens with zero attached hydrogens (tertiary/aromatic N) is 1. The molecule has 1 heterocycles. The normalized spacial score (nSPS) is 13.7. The molecule has 3 nitrogen and oxygen atoms in total. The third-order valence-electron chi connectivity index (χ3n) is 3.75. The lowest BCUT2D eigenvalue weighted by Crippen LogP contribution is -2.26. The fourth-order valence-electron chi connectivity index (χ4n) is 2.59. The van der Waals surface area contributed by atoms with E-state index in [1.807, 2.05) is 0 Å². The maximum Gasteiger partial charge on any atom is 0.195 e. The highest BCUT2D eigenvalue weighted by atomic mass is 32.2. The third kappa shape index (κ3) is 3.32. The van der Waals surface area contributed by atoms with Crippen molar-refractivity contribution in [2.24, 2.45) is 4.99 Å². The van der Waals surface area contributed by atoms with Gasteiger partial charge >= 0.3 is 0 Å². The van der Waals surface area contributed by atoms with Crippen LogP contribution in [0.4, 0.5) is 5.69 Å². The molecule has 0 saturated heterocycles. The molecular weight excluding hydrogens is 302 g/mol. The van der Waals surface area contributed by atoms with Crippen LogP contribution in [0.3, 0.4) is 0 Å². The minimum absolute atomic E-state index is 0.845. The summed E-state index contributed by atoms with van der Waals surface area (Å²) in [6.07, 6.45) is 0. The fraction of sp³-hybridized carbons (Fsp3) is 0.105. The Morgan fingerprint density at radius 2 is 1.65 bits per heavy atom. The first kappa shape index (κ1) is 14.2. The van der Waals surface area contributed by atoms with Crippen LogP contribution in [-0.4, -0.2) is 19.0 Å². The quantitative estimate of drug-likeness (QED) is 0.753. The summed E-state index contributed by atoms with van der Waals surface area (Å²) in [5, 5.41) is 9.05. The number of aliphatic imine (C=N–C) groups is 1. The molecular formula is C19H17N3S. The Morgan fingerprint density at radius 1 is 0.870 bits per heavy atom. The maximum atomic E-state index is 4.34. The lowest BCUT2D eigenvalue weighted by Gasteiger charge is -2.08. The molecule has 0 bridgehead atoms. The summed E-state index contributed by atoms with van der Waals surface area (Å²) < 4.78 is 0. The van der Waals surface area contributed by atoms with Crippen molar-refractivity contribution in [3.05, 3.63) is 66.7 Å². The first-order valence-corrected chi connectivity index (χ1v) is 8.50. The third-order valence-corrected chi connectivity index (χ3v) is 4.75. The van der Waals surface area contributed by atoms with Crippen LogP contribution in [0.2, 0.25) is 0 Å². The van der Waals surface area contributed by atoms with Crippen LogP contribution in [0.15, 0.2) is 81.5 Å². The number of rotatable bonds is 3. The number of hydrogen-bond acceptors (Lipinski definition) is 4. The van der Waals surface area contributed by atoms with Crippen LogP contribution in [-0.2, 0) is 0 Å². The molecule has 0 radical (unpaired) electrons. The van der Waals surface area contributed by atoms with E-state index in [9.17, 15) is 0 Å². The zero-order valence-corrected chi connectivity index (χ0v) is 13.4. The van der Waals surface area contributed by atoms with E-state index in [2.05, 4.69) is 82.4 Å². The summed E-state index contributed by atoms with van der Waals surface area (Å²) in [7, 11) is 0. The molecule has 0 aromatic heterocycles. The van der Waals surface area contributed by atoms with Crippen molar-refractivity contribution >= 4 is 34.2 Å². The van der Waals surface area contributed by atoms with Gasteiger partial charge in [-0.1, -0.05) is 42.1 Å². The zero-order chi connectivity index (χ0) is 15.5. The number of hydrogen-bond donors (Lipinski definition) is 2.